The number of hydrogen-bond acceptors (Lipinski definition) is 4. The van der Waals surface area contributed by atoms with Crippen molar-refractivity contribution in [3.63, 3.8) is 0 Å². The first-order chi connectivity index (χ1) is 9.03. The third-order valence-electron chi connectivity index (χ3n) is 4.16. The predicted octanol–water partition coefficient (Wildman–Crippen LogP) is 0.957. The Hall–Kier alpha value is -0.650. The molecule has 2 saturated carbocycles. The second kappa shape index (κ2) is 6.20. The molecule has 3 atom stereocenters. The lowest BCUT2D eigenvalue weighted by Crippen LogP contribution is -2.57. The van der Waals surface area contributed by atoms with Gasteiger partial charge in [-0.15, -0.1) is 0 Å². The van der Waals surface area contributed by atoms with Crippen LogP contribution in [0.4, 0.5) is 0 Å². The lowest BCUT2D eigenvalue weighted by atomic mass is 9.94. The van der Waals surface area contributed by atoms with Gasteiger partial charge in [-0.05, 0) is 45.4 Å². The van der Waals surface area contributed by atoms with Crippen molar-refractivity contribution in [2.24, 2.45) is 5.73 Å². The molecule has 5 nitrogen and oxygen atoms in total. The minimum Gasteiger partial charge on any atom is -0.381 e. The van der Waals surface area contributed by atoms with Crippen LogP contribution >= 0.6 is 0 Å². The van der Waals surface area contributed by atoms with Crippen molar-refractivity contribution in [3.05, 3.63) is 0 Å². The highest BCUT2D eigenvalue weighted by Crippen LogP contribution is 2.26. The molecule has 1 amide bonds. The van der Waals surface area contributed by atoms with Gasteiger partial charge in [0, 0.05) is 13.2 Å². The largest absolute Gasteiger partial charge is 0.381 e. The number of amides is 1. The summed E-state index contributed by atoms with van der Waals surface area (Å²) in [6.07, 6.45) is 6.88. The molecule has 2 aliphatic rings. The second-order valence-corrected chi connectivity index (χ2v) is 6.07. The van der Waals surface area contributed by atoms with E-state index in [-0.39, 0.29) is 18.1 Å². The highest BCUT2D eigenvalue weighted by atomic mass is 16.5. The van der Waals surface area contributed by atoms with E-state index >= 15 is 0 Å². The normalized spacial score (nSPS) is 30.8. The number of nitrogens with one attached hydrogen (secondary N) is 1. The summed E-state index contributed by atoms with van der Waals surface area (Å²) in [7, 11) is 1.75. The highest BCUT2D eigenvalue weighted by Gasteiger charge is 2.38. The average molecular weight is 270 g/mol. The molecule has 0 aromatic rings. The monoisotopic (exact) mass is 270 g/mol. The molecule has 2 aliphatic carbocycles. The number of nitrogens with two attached hydrogens (primary N) is 1. The van der Waals surface area contributed by atoms with E-state index in [0.29, 0.717) is 12.6 Å². The molecule has 0 saturated heterocycles. The molecule has 2 rings (SSSR count). The highest BCUT2D eigenvalue weighted by molar-refractivity contribution is 5.84. The summed E-state index contributed by atoms with van der Waals surface area (Å²) in [5.74, 6) is -0.335. The summed E-state index contributed by atoms with van der Waals surface area (Å²) in [5.41, 5.74) is 4.76. The van der Waals surface area contributed by atoms with Gasteiger partial charge in [-0.3, -0.25) is 10.1 Å². The third-order valence-corrected chi connectivity index (χ3v) is 4.16. The second-order valence-electron chi connectivity index (χ2n) is 6.07. The maximum absolute atomic E-state index is 11.6. The maximum Gasteiger partial charge on any atom is 0.239 e. The van der Waals surface area contributed by atoms with Crippen LogP contribution in [-0.4, -0.2) is 43.4 Å². The molecular formula is C14H26N2O3. The molecule has 0 spiro atoms. The van der Waals surface area contributed by atoms with E-state index < -0.39 is 5.54 Å². The van der Waals surface area contributed by atoms with Gasteiger partial charge < -0.3 is 15.2 Å². The summed E-state index contributed by atoms with van der Waals surface area (Å²) in [6, 6.07) is 0.430. The van der Waals surface area contributed by atoms with E-state index in [1.165, 1.54) is 0 Å². The number of hydrogen-bond donors (Lipinski definition) is 2. The fourth-order valence-electron chi connectivity index (χ4n) is 2.61. The Kier molecular flexibility index (Phi) is 4.81. The van der Waals surface area contributed by atoms with Gasteiger partial charge in [-0.1, -0.05) is 0 Å². The molecule has 0 radical (unpaired) electrons. The van der Waals surface area contributed by atoms with Crippen molar-refractivity contribution in [3.8, 4) is 0 Å². The van der Waals surface area contributed by atoms with Crippen molar-refractivity contribution < 1.29 is 14.3 Å². The molecule has 0 aromatic heterocycles. The molecule has 5 heteroatoms. The van der Waals surface area contributed by atoms with Crippen molar-refractivity contribution >= 4 is 5.91 Å². The molecule has 19 heavy (non-hydrogen) atoms. The molecular weight excluding hydrogens is 244 g/mol. The summed E-state index contributed by atoms with van der Waals surface area (Å²) in [4.78, 5) is 11.6. The van der Waals surface area contributed by atoms with Gasteiger partial charge in [-0.25, -0.2) is 0 Å². The quantitative estimate of drug-likeness (QED) is 0.722. The van der Waals surface area contributed by atoms with Crippen molar-refractivity contribution in [1.82, 2.24) is 5.32 Å². The molecule has 0 heterocycles. The minimum atomic E-state index is -0.749. The van der Waals surface area contributed by atoms with Crippen LogP contribution in [0.15, 0.2) is 0 Å². The van der Waals surface area contributed by atoms with E-state index in [2.05, 4.69) is 5.32 Å². The lowest BCUT2D eigenvalue weighted by molar-refractivity contribution is -0.128. The van der Waals surface area contributed by atoms with Crippen LogP contribution in [0, 0.1) is 0 Å². The predicted molar refractivity (Wildman–Crippen MR) is 72.8 cm³/mol. The first-order valence-corrected chi connectivity index (χ1v) is 7.25. The Morgan fingerprint density at radius 1 is 1.32 bits per heavy atom. The van der Waals surface area contributed by atoms with Crippen LogP contribution in [-0.2, 0) is 14.3 Å². The van der Waals surface area contributed by atoms with Gasteiger partial charge in [0.15, 0.2) is 0 Å². The van der Waals surface area contributed by atoms with Gasteiger partial charge in [0.1, 0.15) is 5.54 Å². The topological polar surface area (TPSA) is 73.6 Å². The van der Waals surface area contributed by atoms with E-state index in [1.54, 1.807) is 7.11 Å². The molecule has 0 aromatic carbocycles. The zero-order chi connectivity index (χ0) is 13.9. The van der Waals surface area contributed by atoms with Gasteiger partial charge in [0.25, 0.3) is 0 Å². The Labute approximate surface area is 115 Å². The van der Waals surface area contributed by atoms with Gasteiger partial charge in [0.05, 0.1) is 18.8 Å². The van der Waals surface area contributed by atoms with E-state index in [1.807, 2.05) is 6.92 Å². The van der Waals surface area contributed by atoms with Crippen LogP contribution in [0.3, 0.4) is 0 Å². The number of ether oxygens (including phenoxy) is 2. The van der Waals surface area contributed by atoms with Crippen molar-refractivity contribution in [2.75, 3.05) is 13.7 Å². The summed E-state index contributed by atoms with van der Waals surface area (Å²) in [5, 5.41) is 3.30. The van der Waals surface area contributed by atoms with Crippen LogP contribution < -0.4 is 11.1 Å². The van der Waals surface area contributed by atoms with E-state index in [9.17, 15) is 4.79 Å². The number of methoxy groups -OCH3 is 1. The van der Waals surface area contributed by atoms with Crippen LogP contribution in [0.2, 0.25) is 0 Å². The number of carbonyl (C=O) groups excluding carboxylic acids is 1. The van der Waals surface area contributed by atoms with Crippen LogP contribution in [0.25, 0.3) is 0 Å². The Bertz CT molecular complexity index is 320. The Morgan fingerprint density at radius 3 is 2.58 bits per heavy atom. The number of primary amides is 1. The minimum absolute atomic E-state index is 0.179. The number of rotatable bonds is 7. The van der Waals surface area contributed by atoms with Crippen molar-refractivity contribution in [1.29, 1.82) is 0 Å². The summed E-state index contributed by atoms with van der Waals surface area (Å²) < 4.78 is 11.3. The molecule has 3 unspecified atom stereocenters. The lowest BCUT2D eigenvalue weighted by Gasteiger charge is -2.33. The Balaban J connectivity index is 1.82. The first kappa shape index (κ1) is 14.8. The zero-order valence-electron chi connectivity index (χ0n) is 12.0. The standard InChI is InChI=1S/C14H26N2O3/c1-14(13(15)17,16-10-6-7-10)9-19-12-5-3-4-11(8-12)18-2/h10-12,16H,3-9H2,1-2H3,(H2,15,17). The van der Waals surface area contributed by atoms with E-state index in [0.717, 1.165) is 38.5 Å². The molecule has 0 bridgehead atoms. The zero-order valence-corrected chi connectivity index (χ0v) is 12.0. The number of carbonyl (C=O) groups is 1. The fourth-order valence-corrected chi connectivity index (χ4v) is 2.61. The van der Waals surface area contributed by atoms with E-state index in [4.69, 9.17) is 15.2 Å². The van der Waals surface area contributed by atoms with Crippen LogP contribution in [0.1, 0.15) is 45.4 Å². The molecule has 2 fully saturated rings. The maximum atomic E-state index is 11.6. The van der Waals surface area contributed by atoms with Crippen molar-refractivity contribution in [2.45, 2.75) is 69.2 Å². The summed E-state index contributed by atoms with van der Waals surface area (Å²) >= 11 is 0. The van der Waals surface area contributed by atoms with Crippen LogP contribution in [0.5, 0.6) is 0 Å². The van der Waals surface area contributed by atoms with Gasteiger partial charge >= 0.3 is 0 Å². The van der Waals surface area contributed by atoms with Gasteiger partial charge in [-0.2, -0.15) is 0 Å². The smallest absolute Gasteiger partial charge is 0.239 e. The Morgan fingerprint density at radius 2 is 2.00 bits per heavy atom. The fraction of sp³-hybridized carbons (Fsp3) is 0.929. The van der Waals surface area contributed by atoms with Gasteiger partial charge in [0.2, 0.25) is 5.91 Å². The SMILES string of the molecule is COC1CCCC(OCC(C)(NC2CC2)C(N)=O)C1. The summed E-state index contributed by atoms with van der Waals surface area (Å²) in [6.45, 7) is 2.18. The molecule has 3 N–H and O–H groups in total. The average Bonchev–Trinajstić information content (AvgIpc) is 3.20. The first-order valence-electron chi connectivity index (χ1n) is 7.25. The molecule has 0 aliphatic heterocycles. The molecule has 110 valence electrons. The third kappa shape index (κ3) is 4.16.